The highest BCUT2D eigenvalue weighted by atomic mass is 19.1. The lowest BCUT2D eigenvalue weighted by molar-refractivity contribution is -0.142. The summed E-state index contributed by atoms with van der Waals surface area (Å²) in [6.45, 7) is 5.62. The fourth-order valence-corrected chi connectivity index (χ4v) is 1.96. The highest BCUT2D eigenvalue weighted by molar-refractivity contribution is 5.89. The van der Waals surface area contributed by atoms with Crippen molar-refractivity contribution in [2.75, 3.05) is 11.9 Å². The normalized spacial score (nSPS) is 12.0. The van der Waals surface area contributed by atoms with Gasteiger partial charge in [-0.15, -0.1) is 0 Å². The zero-order chi connectivity index (χ0) is 16.0. The van der Waals surface area contributed by atoms with E-state index < -0.39 is 23.7 Å². The monoisotopic (exact) mass is 296 g/mol. The summed E-state index contributed by atoms with van der Waals surface area (Å²) in [5, 5.41) is 13.9. The number of amides is 2. The number of carboxylic acids is 1. The Labute approximate surface area is 123 Å². The van der Waals surface area contributed by atoms with Crippen LogP contribution in [0.25, 0.3) is 0 Å². The molecule has 0 radical (unpaired) electrons. The molecular weight excluding hydrogens is 275 g/mol. The van der Waals surface area contributed by atoms with Gasteiger partial charge in [0.25, 0.3) is 0 Å². The third kappa shape index (κ3) is 5.81. The fourth-order valence-electron chi connectivity index (χ4n) is 1.96. The Hall–Kier alpha value is -2.11. The van der Waals surface area contributed by atoms with Crippen molar-refractivity contribution in [3.8, 4) is 0 Å². The first-order valence-corrected chi connectivity index (χ1v) is 6.83. The number of benzene rings is 1. The van der Waals surface area contributed by atoms with Gasteiger partial charge in [0.05, 0.1) is 11.6 Å². The summed E-state index contributed by atoms with van der Waals surface area (Å²) >= 11 is 0. The molecule has 1 atom stereocenters. The molecule has 0 spiro atoms. The van der Waals surface area contributed by atoms with Gasteiger partial charge < -0.3 is 15.7 Å². The molecule has 3 N–H and O–H groups in total. The molecule has 5 nitrogen and oxygen atoms in total. The summed E-state index contributed by atoms with van der Waals surface area (Å²) in [6.07, 6.45) is 0.467. The van der Waals surface area contributed by atoms with E-state index in [1.807, 2.05) is 13.8 Å². The molecule has 1 unspecified atom stereocenters. The number of aliphatic carboxylic acids is 1. The average Bonchev–Trinajstić information content (AvgIpc) is 2.38. The van der Waals surface area contributed by atoms with Gasteiger partial charge in [0.2, 0.25) is 0 Å². The van der Waals surface area contributed by atoms with Crippen molar-refractivity contribution < 1.29 is 19.1 Å². The van der Waals surface area contributed by atoms with Crippen molar-refractivity contribution in [3.63, 3.8) is 0 Å². The Balaban J connectivity index is 2.57. The van der Waals surface area contributed by atoms with Crippen molar-refractivity contribution >= 4 is 17.7 Å². The van der Waals surface area contributed by atoms with Crippen molar-refractivity contribution in [3.05, 3.63) is 29.6 Å². The van der Waals surface area contributed by atoms with Crippen molar-refractivity contribution in [1.29, 1.82) is 0 Å². The first-order chi connectivity index (χ1) is 9.79. The molecule has 21 heavy (non-hydrogen) atoms. The Morgan fingerprint density at radius 2 is 2.00 bits per heavy atom. The third-order valence-corrected chi connectivity index (χ3v) is 2.98. The number of halogens is 1. The highest BCUT2D eigenvalue weighted by Crippen LogP contribution is 2.15. The molecule has 1 aromatic carbocycles. The van der Waals surface area contributed by atoms with E-state index in [1.54, 1.807) is 13.0 Å². The van der Waals surface area contributed by atoms with E-state index in [1.165, 1.54) is 12.1 Å². The molecule has 0 aliphatic heterocycles. The summed E-state index contributed by atoms with van der Waals surface area (Å²) in [7, 11) is 0. The predicted octanol–water partition coefficient (Wildman–Crippen LogP) is 3.00. The maximum absolute atomic E-state index is 13.5. The van der Waals surface area contributed by atoms with E-state index >= 15 is 0 Å². The number of carbonyl (C=O) groups is 2. The van der Waals surface area contributed by atoms with Gasteiger partial charge in [-0.1, -0.05) is 19.9 Å². The Morgan fingerprint density at radius 3 is 2.57 bits per heavy atom. The second-order valence-corrected chi connectivity index (χ2v) is 5.48. The van der Waals surface area contributed by atoms with Crippen LogP contribution in [0.3, 0.4) is 0 Å². The molecule has 1 aromatic rings. The van der Waals surface area contributed by atoms with Gasteiger partial charge in [-0.2, -0.15) is 0 Å². The molecule has 2 amide bonds. The third-order valence-electron chi connectivity index (χ3n) is 2.98. The minimum atomic E-state index is -0.953. The lowest BCUT2D eigenvalue weighted by Gasteiger charge is -2.16. The van der Waals surface area contributed by atoms with Crippen LogP contribution in [-0.4, -0.2) is 23.7 Å². The molecule has 0 heterocycles. The zero-order valence-corrected chi connectivity index (χ0v) is 12.4. The van der Waals surface area contributed by atoms with Gasteiger partial charge in [-0.05, 0) is 37.0 Å². The molecule has 0 bridgehead atoms. The van der Waals surface area contributed by atoms with Gasteiger partial charge in [0, 0.05) is 6.54 Å². The number of nitrogens with one attached hydrogen (secondary N) is 2. The SMILES string of the molecule is Cc1ccc(F)c(NC(=O)NCC(CC(C)C)C(=O)O)c1. The minimum absolute atomic E-state index is 0.00673. The lowest BCUT2D eigenvalue weighted by Crippen LogP contribution is -2.36. The fraction of sp³-hybridized carbons (Fsp3) is 0.467. The molecule has 0 saturated carbocycles. The standard InChI is InChI=1S/C15H21FN2O3/c1-9(2)6-11(14(19)20)8-17-15(21)18-13-7-10(3)4-5-12(13)16/h4-5,7,9,11H,6,8H2,1-3H3,(H,19,20)(H2,17,18,21). The van der Waals surface area contributed by atoms with E-state index in [2.05, 4.69) is 10.6 Å². The number of hydrogen-bond acceptors (Lipinski definition) is 2. The first-order valence-electron chi connectivity index (χ1n) is 6.83. The van der Waals surface area contributed by atoms with E-state index in [9.17, 15) is 14.0 Å². The summed E-state index contributed by atoms with van der Waals surface area (Å²) in [6, 6.07) is 3.76. The topological polar surface area (TPSA) is 78.4 Å². The van der Waals surface area contributed by atoms with Crippen LogP contribution in [0.5, 0.6) is 0 Å². The second-order valence-electron chi connectivity index (χ2n) is 5.48. The molecule has 0 aliphatic carbocycles. The maximum Gasteiger partial charge on any atom is 0.319 e. The Bertz CT molecular complexity index is 518. The van der Waals surface area contributed by atoms with Crippen molar-refractivity contribution in [2.24, 2.45) is 11.8 Å². The number of anilines is 1. The van der Waals surface area contributed by atoms with Crippen LogP contribution in [0.4, 0.5) is 14.9 Å². The van der Waals surface area contributed by atoms with Crippen molar-refractivity contribution in [1.82, 2.24) is 5.32 Å². The van der Waals surface area contributed by atoms with E-state index in [0.717, 1.165) is 5.56 Å². The van der Waals surface area contributed by atoms with Gasteiger partial charge in [0.15, 0.2) is 0 Å². The molecular formula is C15H21FN2O3. The van der Waals surface area contributed by atoms with Crippen LogP contribution >= 0.6 is 0 Å². The second kappa shape index (κ2) is 7.61. The van der Waals surface area contributed by atoms with Crippen LogP contribution < -0.4 is 10.6 Å². The van der Waals surface area contributed by atoms with Crippen molar-refractivity contribution in [2.45, 2.75) is 27.2 Å². The van der Waals surface area contributed by atoms with E-state index in [4.69, 9.17) is 5.11 Å². The van der Waals surface area contributed by atoms with Crippen LogP contribution in [-0.2, 0) is 4.79 Å². The molecule has 1 rings (SSSR count). The number of carboxylic acid groups (broad SMARTS) is 1. The highest BCUT2D eigenvalue weighted by Gasteiger charge is 2.19. The summed E-state index contributed by atoms with van der Waals surface area (Å²) in [5.41, 5.74) is 0.887. The van der Waals surface area contributed by atoms with Crippen LogP contribution in [0.15, 0.2) is 18.2 Å². The summed E-state index contributed by atoms with van der Waals surface area (Å²) in [5.74, 6) is -1.93. The van der Waals surface area contributed by atoms with Gasteiger partial charge in [0.1, 0.15) is 5.82 Å². The number of hydrogen-bond donors (Lipinski definition) is 3. The van der Waals surface area contributed by atoms with E-state index in [0.29, 0.717) is 6.42 Å². The van der Waals surface area contributed by atoms with Crippen LogP contribution in [0.1, 0.15) is 25.8 Å². The number of urea groups is 1. The predicted molar refractivity (Wildman–Crippen MR) is 78.7 cm³/mol. The number of rotatable bonds is 6. The Morgan fingerprint density at radius 1 is 1.33 bits per heavy atom. The summed E-state index contributed by atoms with van der Waals surface area (Å²) < 4.78 is 13.5. The quantitative estimate of drug-likeness (QED) is 0.755. The summed E-state index contributed by atoms with van der Waals surface area (Å²) in [4.78, 5) is 22.8. The average molecular weight is 296 g/mol. The number of aryl methyl sites for hydroxylation is 1. The lowest BCUT2D eigenvalue weighted by atomic mass is 9.97. The first kappa shape index (κ1) is 16.9. The molecule has 0 aliphatic rings. The van der Waals surface area contributed by atoms with Gasteiger partial charge in [-0.3, -0.25) is 4.79 Å². The van der Waals surface area contributed by atoms with Crippen LogP contribution in [0, 0.1) is 24.6 Å². The molecule has 6 heteroatoms. The van der Waals surface area contributed by atoms with E-state index in [-0.39, 0.29) is 18.2 Å². The molecule has 0 saturated heterocycles. The zero-order valence-electron chi connectivity index (χ0n) is 12.4. The largest absolute Gasteiger partial charge is 0.481 e. The minimum Gasteiger partial charge on any atom is -0.481 e. The smallest absolute Gasteiger partial charge is 0.319 e. The van der Waals surface area contributed by atoms with Gasteiger partial charge in [-0.25, -0.2) is 9.18 Å². The molecule has 0 fully saturated rings. The maximum atomic E-state index is 13.5. The molecule has 116 valence electrons. The number of carbonyl (C=O) groups excluding carboxylic acids is 1. The molecule has 0 aromatic heterocycles. The Kier molecular flexibility index (Phi) is 6.14. The van der Waals surface area contributed by atoms with Gasteiger partial charge >= 0.3 is 12.0 Å². The van der Waals surface area contributed by atoms with Crippen LogP contribution in [0.2, 0.25) is 0 Å².